The summed E-state index contributed by atoms with van der Waals surface area (Å²) in [5.74, 6) is 0.779. The van der Waals surface area contributed by atoms with Crippen LogP contribution in [0.4, 0.5) is 0 Å². The maximum atomic E-state index is 9.45. The number of aryl methyl sites for hydroxylation is 1. The Morgan fingerprint density at radius 3 is 2.50 bits per heavy atom. The minimum Gasteiger partial charge on any atom is -0.496 e. The fraction of sp³-hybridized carbons (Fsp3) is 0.278. The van der Waals surface area contributed by atoms with Gasteiger partial charge in [0.2, 0.25) is 0 Å². The van der Waals surface area contributed by atoms with Gasteiger partial charge in [0.25, 0.3) is 0 Å². The summed E-state index contributed by atoms with van der Waals surface area (Å²) >= 11 is 0. The number of benzene rings is 2. The van der Waals surface area contributed by atoms with Gasteiger partial charge in [-0.3, -0.25) is 0 Å². The minimum atomic E-state index is -0.117. The SMILES string of the molecule is CCc1cc(C(C#N)Cc2ccccc2)ccc1OC. The number of rotatable bonds is 5. The van der Waals surface area contributed by atoms with Crippen LogP contribution in [-0.2, 0) is 12.8 Å². The molecular formula is C18H19NO. The molecule has 0 radical (unpaired) electrons. The molecule has 1 unspecified atom stereocenters. The molecule has 0 bridgehead atoms. The van der Waals surface area contributed by atoms with E-state index in [1.54, 1.807) is 7.11 Å². The average Bonchev–Trinajstić information content (AvgIpc) is 2.53. The summed E-state index contributed by atoms with van der Waals surface area (Å²) < 4.78 is 5.34. The van der Waals surface area contributed by atoms with Gasteiger partial charge in [0, 0.05) is 0 Å². The summed E-state index contributed by atoms with van der Waals surface area (Å²) in [5, 5.41) is 9.45. The average molecular weight is 265 g/mol. The number of nitriles is 1. The van der Waals surface area contributed by atoms with Gasteiger partial charge in [-0.15, -0.1) is 0 Å². The van der Waals surface area contributed by atoms with E-state index in [1.165, 1.54) is 5.56 Å². The Bertz CT molecular complexity index is 599. The van der Waals surface area contributed by atoms with Crippen LogP contribution >= 0.6 is 0 Å². The van der Waals surface area contributed by atoms with Crippen molar-refractivity contribution in [2.24, 2.45) is 0 Å². The van der Waals surface area contributed by atoms with Gasteiger partial charge in [0.05, 0.1) is 19.1 Å². The normalized spacial score (nSPS) is 11.7. The van der Waals surface area contributed by atoms with Gasteiger partial charge in [-0.25, -0.2) is 0 Å². The molecule has 0 spiro atoms. The zero-order chi connectivity index (χ0) is 14.4. The summed E-state index contributed by atoms with van der Waals surface area (Å²) in [6, 6.07) is 18.6. The number of ether oxygens (including phenoxy) is 1. The van der Waals surface area contributed by atoms with Crippen LogP contribution in [0.3, 0.4) is 0 Å². The van der Waals surface area contributed by atoms with Gasteiger partial charge < -0.3 is 4.74 Å². The van der Waals surface area contributed by atoms with E-state index in [4.69, 9.17) is 4.74 Å². The van der Waals surface area contributed by atoms with Crippen LogP contribution in [0.15, 0.2) is 48.5 Å². The first kappa shape index (κ1) is 14.1. The molecule has 0 saturated heterocycles. The molecule has 20 heavy (non-hydrogen) atoms. The third kappa shape index (κ3) is 3.19. The maximum absolute atomic E-state index is 9.45. The van der Waals surface area contributed by atoms with Crippen molar-refractivity contribution in [1.29, 1.82) is 5.26 Å². The Morgan fingerprint density at radius 1 is 1.15 bits per heavy atom. The lowest BCUT2D eigenvalue weighted by Gasteiger charge is -2.13. The van der Waals surface area contributed by atoms with Crippen molar-refractivity contribution in [3.63, 3.8) is 0 Å². The van der Waals surface area contributed by atoms with E-state index in [-0.39, 0.29) is 5.92 Å². The highest BCUT2D eigenvalue weighted by Crippen LogP contribution is 2.26. The minimum absolute atomic E-state index is 0.117. The van der Waals surface area contributed by atoms with Crippen molar-refractivity contribution in [3.05, 3.63) is 65.2 Å². The second kappa shape index (κ2) is 6.77. The first-order valence-electron chi connectivity index (χ1n) is 6.88. The van der Waals surface area contributed by atoms with Crippen molar-refractivity contribution in [2.75, 3.05) is 7.11 Å². The third-order valence-electron chi connectivity index (χ3n) is 3.53. The summed E-state index contributed by atoms with van der Waals surface area (Å²) in [6.07, 6.45) is 1.65. The van der Waals surface area contributed by atoms with Gasteiger partial charge in [-0.05, 0) is 35.6 Å². The first-order chi connectivity index (χ1) is 9.78. The van der Waals surface area contributed by atoms with E-state index in [9.17, 15) is 5.26 Å². The van der Waals surface area contributed by atoms with Crippen LogP contribution in [0.2, 0.25) is 0 Å². The second-order valence-electron chi connectivity index (χ2n) is 4.80. The molecule has 2 nitrogen and oxygen atoms in total. The molecule has 0 fully saturated rings. The monoisotopic (exact) mass is 265 g/mol. The van der Waals surface area contributed by atoms with Crippen molar-refractivity contribution in [1.82, 2.24) is 0 Å². The van der Waals surface area contributed by atoms with Crippen LogP contribution in [0, 0.1) is 11.3 Å². The molecule has 0 aliphatic carbocycles. The topological polar surface area (TPSA) is 33.0 Å². The molecule has 0 aromatic heterocycles. The van der Waals surface area contributed by atoms with E-state index >= 15 is 0 Å². The zero-order valence-electron chi connectivity index (χ0n) is 12.0. The Kier molecular flexibility index (Phi) is 4.79. The molecule has 102 valence electrons. The van der Waals surface area contributed by atoms with Gasteiger partial charge in [-0.1, -0.05) is 49.4 Å². The number of hydrogen-bond acceptors (Lipinski definition) is 2. The molecule has 0 amide bonds. The van der Waals surface area contributed by atoms with Gasteiger partial charge in [0.1, 0.15) is 5.75 Å². The predicted molar refractivity (Wildman–Crippen MR) is 80.9 cm³/mol. The second-order valence-corrected chi connectivity index (χ2v) is 4.80. The molecule has 0 aliphatic heterocycles. The number of methoxy groups -OCH3 is 1. The first-order valence-corrected chi connectivity index (χ1v) is 6.88. The zero-order valence-corrected chi connectivity index (χ0v) is 12.0. The molecule has 0 heterocycles. The Balaban J connectivity index is 2.26. The fourth-order valence-corrected chi connectivity index (χ4v) is 2.38. The fourth-order valence-electron chi connectivity index (χ4n) is 2.38. The van der Waals surface area contributed by atoms with Gasteiger partial charge in [0.15, 0.2) is 0 Å². The standard InChI is InChI=1S/C18H19NO/c1-3-15-12-16(9-10-18(15)20-2)17(13-19)11-14-7-5-4-6-8-14/h4-10,12,17H,3,11H2,1-2H3. The van der Waals surface area contributed by atoms with Crippen molar-refractivity contribution in [2.45, 2.75) is 25.7 Å². The summed E-state index contributed by atoms with van der Waals surface area (Å²) in [7, 11) is 1.68. The third-order valence-corrected chi connectivity index (χ3v) is 3.53. The number of nitrogens with zero attached hydrogens (tertiary/aromatic N) is 1. The smallest absolute Gasteiger partial charge is 0.122 e. The highest BCUT2D eigenvalue weighted by molar-refractivity contribution is 5.40. The highest BCUT2D eigenvalue weighted by atomic mass is 16.5. The van der Waals surface area contributed by atoms with E-state index in [2.05, 4.69) is 31.2 Å². The van der Waals surface area contributed by atoms with E-state index < -0.39 is 0 Å². The molecule has 2 heteroatoms. The molecule has 2 aromatic carbocycles. The summed E-state index contributed by atoms with van der Waals surface area (Å²) in [5.41, 5.74) is 3.40. The van der Waals surface area contributed by atoms with Crippen LogP contribution in [0.25, 0.3) is 0 Å². The molecule has 2 rings (SSSR count). The van der Waals surface area contributed by atoms with Crippen molar-refractivity contribution < 1.29 is 4.74 Å². The van der Waals surface area contributed by atoms with Gasteiger partial charge >= 0.3 is 0 Å². The number of hydrogen-bond donors (Lipinski definition) is 0. The molecule has 0 N–H and O–H groups in total. The molecule has 0 saturated carbocycles. The summed E-state index contributed by atoms with van der Waals surface area (Å²) in [6.45, 7) is 2.10. The molecule has 2 aromatic rings. The van der Waals surface area contributed by atoms with Crippen LogP contribution < -0.4 is 4.74 Å². The van der Waals surface area contributed by atoms with Crippen molar-refractivity contribution >= 4 is 0 Å². The summed E-state index contributed by atoms with van der Waals surface area (Å²) in [4.78, 5) is 0. The van der Waals surface area contributed by atoms with E-state index in [0.29, 0.717) is 0 Å². The Hall–Kier alpha value is -2.27. The predicted octanol–water partition coefficient (Wildman–Crippen LogP) is 4.11. The largest absolute Gasteiger partial charge is 0.496 e. The Morgan fingerprint density at radius 2 is 1.90 bits per heavy atom. The van der Waals surface area contributed by atoms with Crippen LogP contribution in [0.1, 0.15) is 29.5 Å². The van der Waals surface area contributed by atoms with Crippen LogP contribution in [-0.4, -0.2) is 7.11 Å². The van der Waals surface area contributed by atoms with Crippen LogP contribution in [0.5, 0.6) is 5.75 Å². The van der Waals surface area contributed by atoms with E-state index in [1.807, 2.05) is 30.3 Å². The van der Waals surface area contributed by atoms with Crippen molar-refractivity contribution in [3.8, 4) is 11.8 Å². The lowest BCUT2D eigenvalue weighted by atomic mass is 9.91. The lowest BCUT2D eigenvalue weighted by molar-refractivity contribution is 0.410. The Labute approximate surface area is 120 Å². The molecule has 0 aliphatic rings. The highest BCUT2D eigenvalue weighted by Gasteiger charge is 2.13. The molecule has 1 atom stereocenters. The molecular weight excluding hydrogens is 246 g/mol. The van der Waals surface area contributed by atoms with E-state index in [0.717, 1.165) is 29.7 Å². The van der Waals surface area contributed by atoms with Gasteiger partial charge in [-0.2, -0.15) is 5.26 Å². The quantitative estimate of drug-likeness (QED) is 0.815. The lowest BCUT2D eigenvalue weighted by Crippen LogP contribution is -2.02. The maximum Gasteiger partial charge on any atom is 0.122 e.